The Morgan fingerprint density at radius 3 is 2.94 bits per heavy atom. The van der Waals surface area contributed by atoms with Crippen molar-refractivity contribution < 1.29 is 18.9 Å². The predicted octanol–water partition coefficient (Wildman–Crippen LogP) is 1.69. The van der Waals surface area contributed by atoms with Gasteiger partial charge in [-0.05, 0) is 43.7 Å². The smallest absolute Gasteiger partial charge is 0.284 e. The van der Waals surface area contributed by atoms with E-state index in [4.69, 9.17) is 4.18 Å². The van der Waals surface area contributed by atoms with Crippen LogP contribution in [0.4, 0.5) is 0 Å². The van der Waals surface area contributed by atoms with E-state index in [0.29, 0.717) is 23.7 Å². The van der Waals surface area contributed by atoms with E-state index in [2.05, 4.69) is 23.7 Å². The number of thiol groups is 1. The molecule has 0 spiro atoms. The third-order valence-electron chi connectivity index (χ3n) is 5.83. The van der Waals surface area contributed by atoms with Crippen molar-refractivity contribution in [2.45, 2.75) is 36.9 Å². The zero-order chi connectivity index (χ0) is 22.7. The average Bonchev–Trinajstić information content (AvgIpc) is 3.47. The molecule has 1 aliphatic heterocycles. The number of aromatic nitrogens is 2. The number of aromatic amines is 1. The highest BCUT2D eigenvalue weighted by molar-refractivity contribution is 7.80. The van der Waals surface area contributed by atoms with E-state index in [9.17, 15) is 14.3 Å². The van der Waals surface area contributed by atoms with Gasteiger partial charge in [0.1, 0.15) is 11.8 Å². The Labute approximate surface area is 188 Å². The Morgan fingerprint density at radius 1 is 1.34 bits per heavy atom. The molecule has 0 bridgehead atoms. The van der Waals surface area contributed by atoms with Crippen LogP contribution in [-0.2, 0) is 30.8 Å². The normalized spacial score (nSPS) is 16.9. The molecular weight excluding hydrogens is 426 g/mol. The van der Waals surface area contributed by atoms with Gasteiger partial charge in [0.15, 0.2) is 17.0 Å². The molecule has 1 aromatic carbocycles. The highest BCUT2D eigenvalue weighted by atomic mass is 32.2. The Bertz CT molecular complexity index is 1220. The third kappa shape index (κ3) is 4.53. The monoisotopic (exact) mass is 453 g/mol. The summed E-state index contributed by atoms with van der Waals surface area (Å²) >= 11 is -2.26. The molecule has 8 nitrogen and oxygen atoms in total. The lowest BCUT2D eigenvalue weighted by atomic mass is 10.1. The van der Waals surface area contributed by atoms with E-state index in [-0.39, 0.29) is 12.5 Å². The van der Waals surface area contributed by atoms with Gasteiger partial charge in [0.25, 0.3) is 5.91 Å². The largest absolute Gasteiger partial charge is 0.361 e. The molecule has 4 N–H and O–H groups in total. The molecule has 2 aromatic heterocycles. The number of nitrogens with zero attached hydrogens (tertiary/aromatic N) is 3. The first kappa shape index (κ1) is 22.0. The minimum absolute atomic E-state index is 0.146. The summed E-state index contributed by atoms with van der Waals surface area (Å²) in [5.74, 6) is -0.146. The summed E-state index contributed by atoms with van der Waals surface area (Å²) in [4.78, 5) is 18.6. The van der Waals surface area contributed by atoms with Gasteiger partial charge < -0.3 is 20.2 Å². The third-order valence-corrected chi connectivity index (χ3v) is 7.08. The summed E-state index contributed by atoms with van der Waals surface area (Å²) < 4.78 is 21.0. The average molecular weight is 454 g/mol. The van der Waals surface area contributed by atoms with E-state index >= 15 is 0 Å². The van der Waals surface area contributed by atoms with E-state index < -0.39 is 23.2 Å². The summed E-state index contributed by atoms with van der Waals surface area (Å²) in [6.45, 7) is 3.41. The molecule has 0 saturated heterocycles. The molecule has 0 saturated carbocycles. The van der Waals surface area contributed by atoms with Crippen molar-refractivity contribution in [3.05, 3.63) is 66.1 Å². The number of benzene rings is 1. The molecule has 3 heterocycles. The van der Waals surface area contributed by atoms with Crippen LogP contribution in [0.2, 0.25) is 0 Å². The number of carbonyl (C=O) groups is 1. The summed E-state index contributed by atoms with van der Waals surface area (Å²) in [5, 5.41) is 10.2. The number of quaternary nitrogens is 1. The molecule has 4 rings (SSSR count). The van der Waals surface area contributed by atoms with Gasteiger partial charge in [-0.25, -0.2) is 0 Å². The van der Waals surface area contributed by atoms with Crippen molar-refractivity contribution in [3.63, 3.8) is 0 Å². The van der Waals surface area contributed by atoms with Gasteiger partial charge in [-0.2, -0.15) is 9.44 Å². The summed E-state index contributed by atoms with van der Waals surface area (Å²) in [5.41, 5.74) is 6.66. The molecule has 32 heavy (non-hydrogen) atoms. The van der Waals surface area contributed by atoms with Gasteiger partial charge in [-0.1, -0.05) is 21.9 Å². The second-order valence-electron chi connectivity index (χ2n) is 7.97. The number of rotatable bonds is 7. The van der Waals surface area contributed by atoms with E-state index in [1.165, 1.54) is 5.57 Å². The quantitative estimate of drug-likeness (QED) is 0.321. The minimum atomic E-state index is -2.26. The van der Waals surface area contributed by atoms with E-state index in [1.54, 1.807) is 40.1 Å². The van der Waals surface area contributed by atoms with Crippen molar-refractivity contribution in [1.82, 2.24) is 14.5 Å². The van der Waals surface area contributed by atoms with Gasteiger partial charge in [0.2, 0.25) is 11.1 Å². The molecule has 0 fully saturated rings. The molecule has 0 radical (unpaired) electrons. The number of carbonyl (C=O) groups excluding carboxylic acids is 1. The van der Waals surface area contributed by atoms with Crippen LogP contribution in [0.15, 0.2) is 65.3 Å². The molecular formula is C23H27N5O3S+2. The maximum absolute atomic E-state index is 13.3. The maximum Gasteiger partial charge on any atom is 0.284 e. The zero-order valence-electron chi connectivity index (χ0n) is 17.9. The van der Waals surface area contributed by atoms with Gasteiger partial charge in [-0.3, -0.25) is 4.79 Å². The first-order valence-corrected chi connectivity index (χ1v) is 11.7. The highest BCUT2D eigenvalue weighted by Gasteiger charge is 2.38. The Kier molecular flexibility index (Phi) is 6.55. The number of hydrogen-bond acceptors (Lipinski definition) is 4. The number of amides is 1. The van der Waals surface area contributed by atoms with Crippen LogP contribution in [0.25, 0.3) is 10.9 Å². The van der Waals surface area contributed by atoms with Gasteiger partial charge >= 0.3 is 0 Å². The first-order valence-electron chi connectivity index (χ1n) is 10.5. The van der Waals surface area contributed by atoms with Crippen LogP contribution < -0.4 is 5.73 Å². The minimum Gasteiger partial charge on any atom is -0.361 e. The Morgan fingerprint density at radius 2 is 2.19 bits per heavy atom. The fourth-order valence-corrected chi connectivity index (χ4v) is 5.05. The van der Waals surface area contributed by atoms with Crippen molar-refractivity contribution in [1.29, 1.82) is 5.26 Å². The molecule has 166 valence electrons. The summed E-state index contributed by atoms with van der Waals surface area (Å²) in [6.07, 6.45) is 5.62. The molecule has 1 amide bonds. The lowest BCUT2D eigenvalue weighted by Crippen LogP contribution is -2.73. The van der Waals surface area contributed by atoms with Crippen LogP contribution in [0.1, 0.15) is 19.0 Å². The van der Waals surface area contributed by atoms with E-state index in [0.717, 1.165) is 17.3 Å². The maximum atomic E-state index is 13.3. The van der Waals surface area contributed by atoms with Crippen LogP contribution in [0, 0.1) is 11.3 Å². The van der Waals surface area contributed by atoms with Crippen molar-refractivity contribution >= 4 is 27.9 Å². The van der Waals surface area contributed by atoms with Gasteiger partial charge in [0.05, 0.1) is 17.4 Å². The van der Waals surface area contributed by atoms with Crippen molar-refractivity contribution in [2.75, 3.05) is 13.1 Å². The van der Waals surface area contributed by atoms with E-state index in [1.807, 2.05) is 24.3 Å². The second kappa shape index (κ2) is 9.53. The lowest BCUT2D eigenvalue weighted by Gasteiger charge is -2.28. The molecule has 3 atom stereocenters. The molecule has 3 unspecified atom stereocenters. The SMILES string of the molecule is CC1=CCN(C(=O)C([NH3+])C(Cn2cccc2C#N)O[SH+](=O)c2cccc3[nH]ccc23)CC1. The Balaban J connectivity index is 1.60. The van der Waals surface area contributed by atoms with Crippen LogP contribution in [0.5, 0.6) is 0 Å². The Hall–Kier alpha value is -3.19. The molecule has 1 aliphatic rings. The topological polar surface area (TPSA) is 119 Å². The first-order chi connectivity index (χ1) is 15.5. The van der Waals surface area contributed by atoms with Crippen LogP contribution in [0.3, 0.4) is 0 Å². The van der Waals surface area contributed by atoms with Crippen LogP contribution in [-0.4, -0.2) is 45.6 Å². The zero-order valence-corrected chi connectivity index (χ0v) is 18.8. The fourth-order valence-electron chi connectivity index (χ4n) is 3.87. The number of nitriles is 1. The van der Waals surface area contributed by atoms with Gasteiger partial charge in [-0.15, -0.1) is 0 Å². The standard InChI is InChI=1S/C23H25N5O3S/c1-16-8-12-27(13-9-16)23(29)22(25)20(15-28-11-3-4-17(28)14-24)31-32(30)21-6-2-5-19-18(21)7-10-26-19/h2-8,10-11,20,22,26H,9,12-13,15,25H2,1H3/p+2. The van der Waals surface area contributed by atoms with Crippen LogP contribution >= 0.6 is 0 Å². The van der Waals surface area contributed by atoms with Gasteiger partial charge in [0, 0.05) is 25.5 Å². The van der Waals surface area contributed by atoms with Crippen molar-refractivity contribution in [2.24, 2.45) is 0 Å². The summed E-state index contributed by atoms with van der Waals surface area (Å²) in [6, 6.07) is 12.1. The molecule has 3 aromatic rings. The number of H-pyrrole nitrogens is 1. The number of fused-ring (bicyclic) bond motifs is 1. The molecule has 9 heteroatoms. The summed E-state index contributed by atoms with van der Waals surface area (Å²) in [7, 11) is 0. The second-order valence-corrected chi connectivity index (χ2v) is 9.17. The molecule has 0 aliphatic carbocycles. The number of hydrogen-bond donors (Lipinski definition) is 2. The highest BCUT2D eigenvalue weighted by Crippen LogP contribution is 2.23. The number of nitrogens with one attached hydrogen (secondary N) is 1. The fraction of sp³-hybridized carbons (Fsp3) is 0.304. The lowest BCUT2D eigenvalue weighted by molar-refractivity contribution is -0.421. The van der Waals surface area contributed by atoms with Crippen molar-refractivity contribution in [3.8, 4) is 6.07 Å². The predicted molar refractivity (Wildman–Crippen MR) is 122 cm³/mol.